The molecule has 0 unspecified atom stereocenters. The molecule has 0 fully saturated rings. The van der Waals surface area contributed by atoms with Gasteiger partial charge in [0.2, 0.25) is 0 Å². The van der Waals surface area contributed by atoms with E-state index in [0.29, 0.717) is 0 Å². The molecule has 0 atom stereocenters. The lowest BCUT2D eigenvalue weighted by Gasteiger charge is -1.95. The van der Waals surface area contributed by atoms with Gasteiger partial charge in [-0.15, -0.1) is 0 Å². The lowest BCUT2D eigenvalue weighted by atomic mass is 10.2. The van der Waals surface area contributed by atoms with Gasteiger partial charge in [0.05, 0.1) is 5.52 Å². The molecule has 0 aliphatic carbocycles. The zero-order chi connectivity index (χ0) is 10.8. The minimum atomic E-state index is 0.923. The molecule has 3 nitrogen and oxygen atoms in total. The maximum atomic E-state index is 5.00. The molecule has 0 aromatic carbocycles. The summed E-state index contributed by atoms with van der Waals surface area (Å²) in [5.74, 6) is 2.91. The van der Waals surface area contributed by atoms with Crippen LogP contribution in [0.15, 0.2) is 18.5 Å². The zero-order valence-corrected chi connectivity index (χ0v) is 8.65. The van der Waals surface area contributed by atoms with Crippen molar-refractivity contribution in [1.29, 1.82) is 0 Å². The lowest BCUT2D eigenvalue weighted by molar-refractivity contribution is 0.944. The number of hydrogen-bond donors (Lipinski definition) is 0. The smallest absolute Gasteiger partial charge is 0.337 e. The van der Waals surface area contributed by atoms with Crippen LogP contribution in [0.2, 0.25) is 0 Å². The molecule has 0 saturated heterocycles. The summed E-state index contributed by atoms with van der Waals surface area (Å²) in [6.07, 6.45) is 3.61. The van der Waals surface area contributed by atoms with Gasteiger partial charge in [-0.2, -0.15) is 0 Å². The highest BCUT2D eigenvalue weighted by molar-refractivity contribution is 5.85. The van der Waals surface area contributed by atoms with Crippen LogP contribution in [0.25, 0.3) is 15.7 Å². The fraction of sp³-hybridized carbons (Fsp3) is 0.167. The first-order chi connectivity index (χ1) is 7.25. The van der Waals surface area contributed by atoms with E-state index in [-0.39, 0.29) is 0 Å². The molecule has 0 aliphatic rings. The molecule has 3 heteroatoms. The normalized spacial score (nSPS) is 9.40. The SMILES string of the molecule is C#[N+]C#Cc1c(C)c2cnccc2n1C. The molecule has 0 N–H and O–H groups in total. The minimum absolute atomic E-state index is 0.923. The molecule has 0 bridgehead atoms. The Hall–Kier alpha value is -2.26. The van der Waals surface area contributed by atoms with Gasteiger partial charge < -0.3 is 4.57 Å². The highest BCUT2D eigenvalue weighted by Crippen LogP contribution is 2.22. The number of pyridine rings is 1. The predicted octanol–water partition coefficient (Wildman–Crippen LogP) is 2.15. The van der Waals surface area contributed by atoms with E-state index >= 15 is 0 Å². The van der Waals surface area contributed by atoms with Crippen LogP contribution in [0.4, 0.5) is 0 Å². The number of aryl methyl sites for hydroxylation is 2. The van der Waals surface area contributed by atoms with Crippen molar-refractivity contribution in [1.82, 2.24) is 9.55 Å². The Labute approximate surface area is 88.2 Å². The van der Waals surface area contributed by atoms with Gasteiger partial charge in [-0.3, -0.25) is 4.98 Å². The Morgan fingerprint density at radius 2 is 2.33 bits per heavy atom. The molecule has 2 rings (SSSR count). The Morgan fingerprint density at radius 3 is 3.00 bits per heavy atom. The Kier molecular flexibility index (Phi) is 2.15. The van der Waals surface area contributed by atoms with E-state index in [4.69, 9.17) is 6.57 Å². The van der Waals surface area contributed by atoms with Crippen molar-refractivity contribution in [2.45, 2.75) is 6.92 Å². The summed E-state index contributed by atoms with van der Waals surface area (Å²) in [6, 6.07) is 4.48. The summed E-state index contributed by atoms with van der Waals surface area (Å²) >= 11 is 0. The predicted molar refractivity (Wildman–Crippen MR) is 60.6 cm³/mol. The van der Waals surface area contributed by atoms with E-state index in [1.54, 1.807) is 6.20 Å². The van der Waals surface area contributed by atoms with Crippen molar-refractivity contribution < 1.29 is 0 Å². The van der Waals surface area contributed by atoms with E-state index in [1.807, 2.05) is 30.8 Å². The van der Waals surface area contributed by atoms with Crippen molar-refractivity contribution in [2.75, 3.05) is 0 Å². The third kappa shape index (κ3) is 1.35. The van der Waals surface area contributed by atoms with Crippen molar-refractivity contribution >= 4 is 10.9 Å². The van der Waals surface area contributed by atoms with Gasteiger partial charge in [0.1, 0.15) is 5.69 Å². The average Bonchev–Trinajstić information content (AvgIpc) is 2.51. The van der Waals surface area contributed by atoms with Crippen LogP contribution >= 0.6 is 0 Å². The third-order valence-corrected chi connectivity index (χ3v) is 2.49. The monoisotopic (exact) mass is 196 g/mol. The Bertz CT molecular complexity index is 579. The van der Waals surface area contributed by atoms with Crippen LogP contribution in [0.3, 0.4) is 0 Å². The molecule has 0 aliphatic heterocycles. The molecule has 0 radical (unpaired) electrons. The first kappa shape index (κ1) is 9.30. The van der Waals surface area contributed by atoms with Crippen molar-refractivity contribution in [2.24, 2.45) is 7.05 Å². The molecular weight excluding hydrogens is 186 g/mol. The largest absolute Gasteiger partial charge is 0.381 e. The fourth-order valence-electron chi connectivity index (χ4n) is 1.73. The lowest BCUT2D eigenvalue weighted by Crippen LogP contribution is -1.91. The van der Waals surface area contributed by atoms with Gasteiger partial charge >= 0.3 is 6.04 Å². The molecule has 15 heavy (non-hydrogen) atoms. The summed E-state index contributed by atoms with van der Waals surface area (Å²) in [5, 5.41) is 1.11. The molecule has 2 aromatic rings. The molecular formula is C12H10N3+. The summed E-state index contributed by atoms with van der Waals surface area (Å²) in [6.45, 7) is 7.02. The average molecular weight is 196 g/mol. The second kappa shape index (κ2) is 3.48. The van der Waals surface area contributed by atoms with Gasteiger partial charge in [-0.05, 0) is 18.6 Å². The summed E-state index contributed by atoms with van der Waals surface area (Å²) in [4.78, 5) is 7.39. The molecule has 0 saturated carbocycles. The van der Waals surface area contributed by atoms with Crippen LogP contribution < -0.4 is 0 Å². The number of rotatable bonds is 0. The minimum Gasteiger partial charge on any atom is -0.337 e. The van der Waals surface area contributed by atoms with Gasteiger partial charge in [-0.1, -0.05) is 0 Å². The van der Waals surface area contributed by atoms with Crippen molar-refractivity contribution in [3.63, 3.8) is 0 Å². The molecule has 2 heterocycles. The zero-order valence-electron chi connectivity index (χ0n) is 8.65. The van der Waals surface area contributed by atoms with Crippen LogP contribution in [0.1, 0.15) is 11.3 Å². The summed E-state index contributed by atoms with van der Waals surface area (Å²) in [5.41, 5.74) is 3.15. The van der Waals surface area contributed by atoms with E-state index < -0.39 is 0 Å². The van der Waals surface area contributed by atoms with Crippen LogP contribution in [0.5, 0.6) is 0 Å². The maximum absolute atomic E-state index is 5.00. The van der Waals surface area contributed by atoms with Gasteiger partial charge in [0.15, 0.2) is 0 Å². The standard InChI is InChI=1S/C12H10N3/c1-9-10-8-14-7-5-12(10)15(3)11(9)4-6-13-2/h2,5,7-8H,1,3H3/q+1. The summed E-state index contributed by atoms with van der Waals surface area (Å²) in [7, 11) is 1.97. The molecule has 72 valence electrons. The Morgan fingerprint density at radius 1 is 1.53 bits per heavy atom. The van der Waals surface area contributed by atoms with Crippen LogP contribution in [-0.4, -0.2) is 9.55 Å². The second-order valence-electron chi connectivity index (χ2n) is 3.29. The number of hydrogen-bond acceptors (Lipinski definition) is 1. The van der Waals surface area contributed by atoms with Gasteiger partial charge in [0.25, 0.3) is 6.57 Å². The van der Waals surface area contributed by atoms with Crippen LogP contribution in [-0.2, 0) is 7.05 Å². The van der Waals surface area contributed by atoms with Gasteiger partial charge in [0, 0.05) is 35.6 Å². The maximum Gasteiger partial charge on any atom is 0.381 e. The van der Waals surface area contributed by atoms with E-state index in [2.05, 4.69) is 21.8 Å². The van der Waals surface area contributed by atoms with E-state index in [1.165, 1.54) is 0 Å². The van der Waals surface area contributed by atoms with Gasteiger partial charge in [-0.25, -0.2) is 0 Å². The van der Waals surface area contributed by atoms with E-state index in [9.17, 15) is 0 Å². The fourth-order valence-corrected chi connectivity index (χ4v) is 1.73. The van der Waals surface area contributed by atoms with Crippen molar-refractivity contribution in [3.05, 3.63) is 34.6 Å². The molecule has 0 spiro atoms. The number of nitrogens with zero attached hydrogens (tertiary/aromatic N) is 3. The van der Waals surface area contributed by atoms with E-state index in [0.717, 1.165) is 22.2 Å². The quantitative estimate of drug-likeness (QED) is 0.592. The molecule has 2 aromatic heterocycles. The second-order valence-corrected chi connectivity index (χ2v) is 3.29. The highest BCUT2D eigenvalue weighted by Gasteiger charge is 2.09. The molecule has 0 amide bonds. The third-order valence-electron chi connectivity index (χ3n) is 2.49. The summed E-state index contributed by atoms with van der Waals surface area (Å²) < 4.78 is 2.02. The van der Waals surface area contributed by atoms with Crippen LogP contribution in [0, 0.1) is 25.5 Å². The van der Waals surface area contributed by atoms with Crippen molar-refractivity contribution in [3.8, 4) is 18.5 Å². The number of aromatic nitrogens is 2. The highest BCUT2D eigenvalue weighted by atomic mass is 14.9. The number of fused-ring (bicyclic) bond motifs is 1. The first-order valence-electron chi connectivity index (χ1n) is 4.55. The first-order valence-corrected chi connectivity index (χ1v) is 4.55. The topological polar surface area (TPSA) is 22.2 Å². The Balaban J connectivity index is 2.82.